The number of methoxy groups -OCH3 is 1. The van der Waals surface area contributed by atoms with Crippen LogP contribution in [-0.4, -0.2) is 31.5 Å². The summed E-state index contributed by atoms with van der Waals surface area (Å²) in [6.45, 7) is 4.13. The highest BCUT2D eigenvalue weighted by atomic mass is 32.2. The summed E-state index contributed by atoms with van der Waals surface area (Å²) in [7, 11) is -1.76. The fourth-order valence-electron chi connectivity index (χ4n) is 2.10. The van der Waals surface area contributed by atoms with E-state index in [4.69, 9.17) is 4.74 Å². The highest BCUT2D eigenvalue weighted by Crippen LogP contribution is 2.11. The highest BCUT2D eigenvalue weighted by Gasteiger charge is 2.12. The Bertz CT molecular complexity index is 761. The van der Waals surface area contributed by atoms with Crippen LogP contribution in [0.1, 0.15) is 25.0 Å². The second-order valence-electron chi connectivity index (χ2n) is 5.62. The van der Waals surface area contributed by atoms with Crippen molar-refractivity contribution < 1.29 is 13.2 Å². The minimum atomic E-state index is -3.31. The lowest BCUT2D eigenvalue weighted by Crippen LogP contribution is -2.31. The van der Waals surface area contributed by atoms with Gasteiger partial charge in [0.05, 0.1) is 12.9 Å². The van der Waals surface area contributed by atoms with Gasteiger partial charge >= 0.3 is 0 Å². The van der Waals surface area contributed by atoms with Crippen LogP contribution in [0.3, 0.4) is 0 Å². The van der Waals surface area contributed by atoms with Gasteiger partial charge in [0.1, 0.15) is 0 Å². The van der Waals surface area contributed by atoms with Crippen LogP contribution in [0.25, 0.3) is 0 Å². The third-order valence-corrected chi connectivity index (χ3v) is 4.63. The van der Waals surface area contributed by atoms with Crippen LogP contribution in [0.15, 0.2) is 36.5 Å². The largest absolute Gasteiger partial charge is 0.481 e. The van der Waals surface area contributed by atoms with E-state index in [1.807, 2.05) is 24.3 Å². The fourth-order valence-corrected chi connectivity index (χ4v) is 3.53. The molecule has 0 aliphatic heterocycles. The molecule has 0 radical (unpaired) electrons. The molecule has 0 amide bonds. The fraction of sp³-hybridized carbons (Fsp3) is 0.375. The maximum absolute atomic E-state index is 11.9. The number of rotatable bonds is 8. The van der Waals surface area contributed by atoms with E-state index >= 15 is 0 Å². The van der Waals surface area contributed by atoms with Crippen molar-refractivity contribution in [1.82, 2.24) is 14.7 Å². The van der Waals surface area contributed by atoms with E-state index in [-0.39, 0.29) is 11.8 Å². The van der Waals surface area contributed by atoms with Gasteiger partial charge in [-0.2, -0.15) is 4.98 Å². The van der Waals surface area contributed by atoms with Crippen LogP contribution < -0.4 is 14.8 Å². The lowest BCUT2D eigenvalue weighted by atomic mass is 10.1. The predicted octanol–water partition coefficient (Wildman–Crippen LogP) is 1.93. The molecule has 8 heteroatoms. The monoisotopic (exact) mass is 350 g/mol. The van der Waals surface area contributed by atoms with Gasteiger partial charge in [-0.05, 0) is 25.0 Å². The van der Waals surface area contributed by atoms with Crippen molar-refractivity contribution in [3.8, 4) is 5.88 Å². The van der Waals surface area contributed by atoms with Crippen molar-refractivity contribution >= 4 is 16.0 Å². The van der Waals surface area contributed by atoms with Crippen LogP contribution >= 0.6 is 0 Å². The first kappa shape index (κ1) is 18.2. The number of benzene rings is 1. The summed E-state index contributed by atoms with van der Waals surface area (Å²) in [6, 6.07) is 8.94. The van der Waals surface area contributed by atoms with E-state index in [1.54, 1.807) is 33.2 Å². The minimum Gasteiger partial charge on any atom is -0.481 e. The van der Waals surface area contributed by atoms with Gasteiger partial charge < -0.3 is 10.1 Å². The third-order valence-electron chi connectivity index (χ3n) is 3.08. The molecule has 2 N–H and O–H groups in total. The summed E-state index contributed by atoms with van der Waals surface area (Å²) in [6.07, 6.45) is 1.61. The van der Waals surface area contributed by atoms with Crippen molar-refractivity contribution in [3.05, 3.63) is 47.7 Å². The van der Waals surface area contributed by atoms with Crippen molar-refractivity contribution in [2.24, 2.45) is 0 Å². The zero-order valence-electron chi connectivity index (χ0n) is 14.0. The molecule has 1 aromatic carbocycles. The Morgan fingerprint density at radius 1 is 1.12 bits per heavy atom. The van der Waals surface area contributed by atoms with E-state index in [2.05, 4.69) is 20.0 Å². The molecule has 0 aliphatic rings. The number of sulfonamides is 1. The minimum absolute atomic E-state index is 0.0299. The number of anilines is 1. The molecule has 0 atom stereocenters. The lowest BCUT2D eigenvalue weighted by Gasteiger charge is -2.10. The number of ether oxygens (including phenoxy) is 1. The molecule has 0 fully saturated rings. The summed E-state index contributed by atoms with van der Waals surface area (Å²) in [5, 5.41) is 3.10. The molecule has 130 valence electrons. The second kappa shape index (κ2) is 8.07. The smallest absolute Gasteiger partial charge is 0.226 e. The first-order valence-electron chi connectivity index (χ1n) is 7.56. The van der Waals surface area contributed by atoms with Crippen LogP contribution in [0.2, 0.25) is 0 Å². The molecule has 0 unspecified atom stereocenters. The van der Waals surface area contributed by atoms with Crippen LogP contribution in [0.5, 0.6) is 5.88 Å². The van der Waals surface area contributed by atoms with Gasteiger partial charge in [0.15, 0.2) is 0 Å². The van der Waals surface area contributed by atoms with E-state index in [9.17, 15) is 8.42 Å². The lowest BCUT2D eigenvalue weighted by molar-refractivity contribution is 0.397. The number of hydrogen-bond donors (Lipinski definition) is 2. The summed E-state index contributed by atoms with van der Waals surface area (Å²) in [5.74, 6) is 0.936. The zero-order valence-corrected chi connectivity index (χ0v) is 14.8. The number of nitrogens with zero attached hydrogens (tertiary/aromatic N) is 2. The molecule has 0 bridgehead atoms. The molecule has 0 saturated carbocycles. The summed E-state index contributed by atoms with van der Waals surface area (Å²) >= 11 is 0. The Balaban J connectivity index is 1.94. The molecule has 0 spiro atoms. The Labute approximate surface area is 142 Å². The van der Waals surface area contributed by atoms with E-state index < -0.39 is 10.0 Å². The van der Waals surface area contributed by atoms with Crippen LogP contribution in [0.4, 0.5) is 5.95 Å². The van der Waals surface area contributed by atoms with E-state index in [0.717, 1.165) is 11.1 Å². The van der Waals surface area contributed by atoms with Crippen molar-refractivity contribution in [3.63, 3.8) is 0 Å². The molecule has 1 aromatic heterocycles. The summed E-state index contributed by atoms with van der Waals surface area (Å²) in [4.78, 5) is 8.27. The second-order valence-corrected chi connectivity index (χ2v) is 7.38. The van der Waals surface area contributed by atoms with Gasteiger partial charge in [0.25, 0.3) is 0 Å². The summed E-state index contributed by atoms with van der Waals surface area (Å²) < 4.78 is 31.4. The van der Waals surface area contributed by atoms with Gasteiger partial charge in [-0.15, -0.1) is 0 Å². The highest BCUT2D eigenvalue weighted by molar-refractivity contribution is 7.88. The number of nitrogens with one attached hydrogen (secondary N) is 2. The molecular weight excluding hydrogens is 328 g/mol. The topological polar surface area (TPSA) is 93.2 Å². The first-order valence-corrected chi connectivity index (χ1v) is 9.22. The normalized spacial score (nSPS) is 11.5. The molecule has 0 aliphatic carbocycles. The van der Waals surface area contributed by atoms with Gasteiger partial charge in [-0.1, -0.05) is 24.3 Å². The zero-order chi connectivity index (χ0) is 17.6. The maximum atomic E-state index is 11.9. The van der Waals surface area contributed by atoms with E-state index in [0.29, 0.717) is 18.4 Å². The average Bonchev–Trinajstić information content (AvgIpc) is 2.53. The predicted molar refractivity (Wildman–Crippen MR) is 93.2 cm³/mol. The molecule has 2 rings (SSSR count). The van der Waals surface area contributed by atoms with E-state index in [1.165, 1.54) is 0 Å². The van der Waals surface area contributed by atoms with Crippen LogP contribution in [0, 0.1) is 0 Å². The third kappa shape index (κ3) is 5.78. The average molecular weight is 350 g/mol. The molecule has 1 heterocycles. The van der Waals surface area contributed by atoms with Crippen molar-refractivity contribution in [1.29, 1.82) is 0 Å². The van der Waals surface area contributed by atoms with Gasteiger partial charge in [-0.25, -0.2) is 18.1 Å². The Kier molecular flexibility index (Phi) is 6.10. The molecular formula is C16H22N4O3S. The van der Waals surface area contributed by atoms with Gasteiger partial charge in [0, 0.05) is 24.8 Å². The van der Waals surface area contributed by atoms with Gasteiger partial charge in [-0.3, -0.25) is 0 Å². The Morgan fingerprint density at radius 3 is 2.42 bits per heavy atom. The van der Waals surface area contributed by atoms with Crippen molar-refractivity contribution in [2.75, 3.05) is 12.4 Å². The quantitative estimate of drug-likeness (QED) is 0.755. The molecule has 7 nitrogen and oxygen atoms in total. The maximum Gasteiger partial charge on any atom is 0.226 e. The first-order chi connectivity index (χ1) is 11.4. The number of hydrogen-bond acceptors (Lipinski definition) is 6. The molecule has 24 heavy (non-hydrogen) atoms. The Hall–Kier alpha value is -2.19. The molecule has 0 saturated heterocycles. The summed E-state index contributed by atoms with van der Waals surface area (Å²) in [5.41, 5.74) is 1.74. The number of aromatic nitrogens is 2. The SMILES string of the molecule is COc1ccnc(NCc2ccc(CS(=O)(=O)NC(C)C)cc2)n1. The Morgan fingerprint density at radius 2 is 1.79 bits per heavy atom. The molecule has 2 aromatic rings. The van der Waals surface area contributed by atoms with Gasteiger partial charge in [0.2, 0.25) is 21.9 Å². The van der Waals surface area contributed by atoms with Crippen molar-refractivity contribution in [2.45, 2.75) is 32.2 Å². The standard InChI is InChI=1S/C16H22N4O3S/c1-12(2)20-24(21,22)11-14-6-4-13(5-7-14)10-18-16-17-9-8-15(19-16)23-3/h4-9,12,20H,10-11H2,1-3H3,(H,17,18,19). The van der Waals surface area contributed by atoms with Crippen LogP contribution in [-0.2, 0) is 22.3 Å².